The molecule has 43 heavy (non-hydrogen) atoms. The highest BCUT2D eigenvalue weighted by molar-refractivity contribution is 5.56. The van der Waals surface area contributed by atoms with E-state index in [0.717, 1.165) is 0 Å². The third-order valence-electron chi connectivity index (χ3n) is 7.88. The van der Waals surface area contributed by atoms with Gasteiger partial charge in [0, 0.05) is 0 Å². The van der Waals surface area contributed by atoms with Crippen LogP contribution in [0.15, 0.2) is 11.6 Å². The molecule has 0 aromatic carbocycles. The Morgan fingerprint density at radius 2 is 1.60 bits per heavy atom. The van der Waals surface area contributed by atoms with E-state index in [-0.39, 0.29) is 19.3 Å². The number of carbonyl (C=O) groups is 1. The monoisotopic (exact) mass is 629 g/mol. The molecule has 0 radical (unpaired) electrons. The fourth-order valence-electron chi connectivity index (χ4n) is 5.33. The van der Waals surface area contributed by atoms with E-state index >= 15 is 0 Å². The zero-order valence-corrected chi connectivity index (χ0v) is 23.2. The van der Waals surface area contributed by atoms with E-state index in [4.69, 9.17) is 18.9 Å². The molecule has 3 rings (SSSR count). The topological polar surface area (TPSA) is 309 Å². The number of aldehydes is 1. The first-order valence-corrected chi connectivity index (χ1v) is 13.8. The number of rotatable bonds is 13. The minimum absolute atomic E-state index is 0.0488. The highest BCUT2D eigenvalue weighted by atomic mass is 16.7. The van der Waals surface area contributed by atoms with Crippen molar-refractivity contribution in [1.82, 2.24) is 5.32 Å². The first-order valence-electron chi connectivity index (χ1n) is 13.8. The lowest BCUT2D eigenvalue weighted by atomic mass is 9.88. The minimum Gasteiger partial charge on any atom is -0.394 e. The largest absolute Gasteiger partial charge is 0.394 e. The molecule has 0 amide bonds. The summed E-state index contributed by atoms with van der Waals surface area (Å²) in [6.07, 6.45) is -23.8. The van der Waals surface area contributed by atoms with Crippen molar-refractivity contribution in [3.05, 3.63) is 11.6 Å². The molecule has 13 N–H and O–H groups in total. The van der Waals surface area contributed by atoms with Crippen molar-refractivity contribution in [1.29, 1.82) is 0 Å². The Bertz CT molecular complexity index is 911. The Morgan fingerprint density at radius 3 is 2.19 bits per heavy atom. The molecule has 3 aliphatic rings. The van der Waals surface area contributed by atoms with Crippen LogP contribution >= 0.6 is 0 Å². The number of hydrogen-bond donors (Lipinski definition) is 13. The Balaban J connectivity index is 1.70. The molecule has 0 saturated carbocycles. The summed E-state index contributed by atoms with van der Waals surface area (Å²) in [5.41, 5.74) is 0.449. The summed E-state index contributed by atoms with van der Waals surface area (Å²) in [6.45, 7) is -0.736. The van der Waals surface area contributed by atoms with E-state index < -0.39 is 117 Å². The molecule has 0 spiro atoms. The average molecular weight is 630 g/mol. The van der Waals surface area contributed by atoms with Gasteiger partial charge in [-0.1, -0.05) is 6.08 Å². The van der Waals surface area contributed by atoms with Crippen LogP contribution in [-0.2, 0) is 23.7 Å². The molecule has 1 aliphatic carbocycles. The van der Waals surface area contributed by atoms with Crippen molar-refractivity contribution in [2.24, 2.45) is 0 Å². The van der Waals surface area contributed by atoms with Gasteiger partial charge in [0.05, 0.1) is 50.2 Å². The van der Waals surface area contributed by atoms with Crippen LogP contribution in [0.3, 0.4) is 0 Å². The summed E-state index contributed by atoms with van der Waals surface area (Å²) >= 11 is 0. The van der Waals surface area contributed by atoms with Gasteiger partial charge >= 0.3 is 0 Å². The van der Waals surface area contributed by atoms with Gasteiger partial charge in [-0.3, -0.25) is 0 Å². The Hall–Kier alpha value is -1.27. The molecular formula is C25H43NO17. The molecule has 18 nitrogen and oxygen atoms in total. The minimum atomic E-state index is -2.09. The number of ether oxygens (including phenoxy) is 4. The lowest BCUT2D eigenvalue weighted by Gasteiger charge is -2.48. The maximum Gasteiger partial charge on any atom is 0.187 e. The first kappa shape index (κ1) is 36.2. The van der Waals surface area contributed by atoms with Gasteiger partial charge in [-0.2, -0.15) is 0 Å². The SMILES string of the molecule is CC1OC(OC2C(CO)OC(OC(C(O)CO)C(O)C(O)C=O)C(O)C2O)C(O)C(O)C1NC1C=C(CO)CC(O)C1O. The predicted octanol–water partition coefficient (Wildman–Crippen LogP) is -7.69. The maximum atomic E-state index is 10.9. The van der Waals surface area contributed by atoms with Gasteiger partial charge in [-0.05, 0) is 18.9 Å². The highest BCUT2D eigenvalue weighted by Crippen LogP contribution is 2.31. The standard InChI is InChI=1S/C25H43NO17/c1-8-15(26-10-2-9(4-27)3-11(31)16(10)34)18(36)20(38)24(40-8)43-23-14(7-30)41-25(21(39)19(23)37)42-22(13(33)6-29)17(35)12(32)5-28/h2,5,8,10-27,29-39H,3-4,6-7H2,1H3. The van der Waals surface area contributed by atoms with Crippen molar-refractivity contribution in [2.75, 3.05) is 19.8 Å². The van der Waals surface area contributed by atoms with Gasteiger partial charge in [0.25, 0.3) is 0 Å². The molecular weight excluding hydrogens is 586 g/mol. The number of hydrogen-bond acceptors (Lipinski definition) is 18. The highest BCUT2D eigenvalue weighted by Gasteiger charge is 2.52. The molecule has 2 saturated heterocycles. The predicted molar refractivity (Wildman–Crippen MR) is 138 cm³/mol. The molecule has 0 aromatic heterocycles. The van der Waals surface area contributed by atoms with Gasteiger partial charge < -0.3 is 90.3 Å². The van der Waals surface area contributed by atoms with Crippen molar-refractivity contribution in [3.8, 4) is 0 Å². The zero-order valence-electron chi connectivity index (χ0n) is 23.2. The summed E-state index contributed by atoms with van der Waals surface area (Å²) in [5, 5.41) is 125. The normalized spacial score (nSPS) is 43.4. The lowest BCUT2D eigenvalue weighted by molar-refractivity contribution is -0.361. The quantitative estimate of drug-likeness (QED) is 0.0664. The Morgan fingerprint density at radius 1 is 0.953 bits per heavy atom. The van der Waals surface area contributed by atoms with Crippen LogP contribution < -0.4 is 5.32 Å². The van der Waals surface area contributed by atoms with Crippen molar-refractivity contribution < 1.29 is 85.0 Å². The van der Waals surface area contributed by atoms with E-state index in [1.54, 1.807) is 0 Å². The van der Waals surface area contributed by atoms with Gasteiger partial charge in [-0.15, -0.1) is 0 Å². The van der Waals surface area contributed by atoms with E-state index in [9.17, 15) is 66.1 Å². The summed E-state index contributed by atoms with van der Waals surface area (Å²) in [7, 11) is 0. The molecule has 0 bridgehead atoms. The number of aliphatic hydroxyl groups is 12. The second kappa shape index (κ2) is 15.8. The Kier molecular flexibility index (Phi) is 13.3. The summed E-state index contributed by atoms with van der Waals surface area (Å²) in [6, 6.07) is -1.94. The first-order chi connectivity index (χ1) is 20.3. The molecule has 250 valence electrons. The van der Waals surface area contributed by atoms with Crippen molar-refractivity contribution >= 4 is 6.29 Å². The Labute approximate surface area is 245 Å². The molecule has 2 aliphatic heterocycles. The van der Waals surface area contributed by atoms with Crippen LogP contribution in [-0.4, -0.2) is 191 Å². The van der Waals surface area contributed by atoms with Gasteiger partial charge in [0.15, 0.2) is 18.9 Å². The fourth-order valence-corrected chi connectivity index (χ4v) is 5.33. The van der Waals surface area contributed by atoms with Crippen LogP contribution in [0.5, 0.6) is 0 Å². The average Bonchev–Trinajstić information content (AvgIpc) is 3.00. The van der Waals surface area contributed by atoms with E-state index in [1.165, 1.54) is 13.0 Å². The van der Waals surface area contributed by atoms with Crippen LogP contribution in [0.2, 0.25) is 0 Å². The zero-order chi connectivity index (χ0) is 32.2. The van der Waals surface area contributed by atoms with Crippen LogP contribution in [0, 0.1) is 0 Å². The van der Waals surface area contributed by atoms with Crippen LogP contribution in [0.4, 0.5) is 0 Å². The third-order valence-corrected chi connectivity index (χ3v) is 7.88. The second-order valence-corrected chi connectivity index (χ2v) is 10.9. The smallest absolute Gasteiger partial charge is 0.187 e. The summed E-state index contributed by atoms with van der Waals surface area (Å²) in [4.78, 5) is 10.9. The number of carbonyl (C=O) groups excluding carboxylic acids is 1. The molecule has 0 aromatic rings. The van der Waals surface area contributed by atoms with E-state index in [1.807, 2.05) is 0 Å². The van der Waals surface area contributed by atoms with Crippen molar-refractivity contribution in [2.45, 2.75) is 117 Å². The van der Waals surface area contributed by atoms with Crippen molar-refractivity contribution in [3.63, 3.8) is 0 Å². The van der Waals surface area contributed by atoms with Gasteiger partial charge in [-0.25, -0.2) is 0 Å². The van der Waals surface area contributed by atoms with Gasteiger partial charge in [0.1, 0.15) is 61.0 Å². The number of aliphatic hydroxyl groups excluding tert-OH is 12. The molecule has 18 heteroatoms. The second-order valence-electron chi connectivity index (χ2n) is 10.9. The van der Waals surface area contributed by atoms with E-state index in [0.29, 0.717) is 5.57 Å². The summed E-state index contributed by atoms with van der Waals surface area (Å²) < 4.78 is 22.1. The molecule has 2 fully saturated rings. The molecule has 17 atom stereocenters. The van der Waals surface area contributed by atoms with E-state index in [2.05, 4.69) is 5.32 Å². The maximum absolute atomic E-state index is 10.9. The van der Waals surface area contributed by atoms with Crippen LogP contribution in [0.25, 0.3) is 0 Å². The van der Waals surface area contributed by atoms with Crippen LogP contribution in [0.1, 0.15) is 13.3 Å². The molecule has 2 heterocycles. The fraction of sp³-hybridized carbons (Fsp3) is 0.880. The number of nitrogens with one attached hydrogen (secondary N) is 1. The molecule has 17 unspecified atom stereocenters. The van der Waals surface area contributed by atoms with Gasteiger partial charge in [0.2, 0.25) is 0 Å². The lowest BCUT2D eigenvalue weighted by Crippen LogP contribution is -2.68. The third kappa shape index (κ3) is 8.12. The summed E-state index contributed by atoms with van der Waals surface area (Å²) in [5.74, 6) is 0.